The Hall–Kier alpha value is -0.670. The predicted octanol–water partition coefficient (Wildman–Crippen LogP) is 2.67. The minimum Gasteiger partial charge on any atom is -0.381 e. The average Bonchev–Trinajstić information content (AvgIpc) is 2.65. The maximum Gasteiger partial charge on any atom is 0.176 e. The second-order valence-corrected chi connectivity index (χ2v) is 4.95. The van der Waals surface area contributed by atoms with Crippen LogP contribution in [0.1, 0.15) is 27.4 Å². The van der Waals surface area contributed by atoms with E-state index >= 15 is 0 Å². The van der Waals surface area contributed by atoms with Crippen molar-refractivity contribution >= 4 is 17.1 Å². The first-order chi connectivity index (χ1) is 6.77. The Morgan fingerprint density at radius 2 is 2.14 bits per heavy atom. The fourth-order valence-electron chi connectivity index (χ4n) is 1.73. The van der Waals surface area contributed by atoms with E-state index in [1.54, 1.807) is 11.3 Å². The van der Waals surface area contributed by atoms with Crippen LogP contribution in [0.2, 0.25) is 0 Å². The van der Waals surface area contributed by atoms with Gasteiger partial charge in [0, 0.05) is 24.0 Å². The fourth-order valence-corrected chi connectivity index (χ4v) is 2.61. The summed E-state index contributed by atoms with van der Waals surface area (Å²) in [6.45, 7) is 3.51. The van der Waals surface area contributed by atoms with E-state index in [0.29, 0.717) is 5.78 Å². The molecule has 1 aromatic rings. The summed E-state index contributed by atoms with van der Waals surface area (Å²) in [5.74, 6) is 0.508. The summed E-state index contributed by atoms with van der Waals surface area (Å²) in [5.41, 5.74) is 0. The first-order valence-electron chi connectivity index (χ1n) is 4.96. The molecule has 0 unspecified atom stereocenters. The zero-order chi connectivity index (χ0) is 9.97. The zero-order valence-corrected chi connectivity index (χ0v) is 9.10. The summed E-state index contributed by atoms with van der Waals surface area (Å²) in [5, 5.41) is 0. The molecule has 0 saturated carbocycles. The minimum absolute atomic E-state index is 0.196. The lowest BCUT2D eigenvalue weighted by atomic mass is 9.94. The molecule has 0 atom stereocenters. The van der Waals surface area contributed by atoms with Crippen molar-refractivity contribution in [3.63, 3.8) is 0 Å². The number of thiophene rings is 1. The van der Waals surface area contributed by atoms with Crippen LogP contribution in [0.15, 0.2) is 12.1 Å². The molecule has 0 amide bonds. The van der Waals surface area contributed by atoms with Crippen molar-refractivity contribution in [3.8, 4) is 0 Å². The smallest absolute Gasteiger partial charge is 0.176 e. The van der Waals surface area contributed by atoms with Crippen molar-refractivity contribution in [1.29, 1.82) is 0 Å². The minimum atomic E-state index is 0.196. The maximum atomic E-state index is 12.0. The van der Waals surface area contributed by atoms with E-state index in [0.717, 1.165) is 30.9 Å². The number of ketones is 1. The van der Waals surface area contributed by atoms with Gasteiger partial charge in [0.1, 0.15) is 0 Å². The molecule has 0 radical (unpaired) electrons. The van der Waals surface area contributed by atoms with Crippen LogP contribution >= 0.6 is 11.3 Å². The summed E-state index contributed by atoms with van der Waals surface area (Å²) in [6, 6.07) is 3.95. The molecule has 0 N–H and O–H groups in total. The summed E-state index contributed by atoms with van der Waals surface area (Å²) < 4.78 is 5.24. The Balaban J connectivity index is 2.07. The Morgan fingerprint density at radius 3 is 2.71 bits per heavy atom. The van der Waals surface area contributed by atoms with Crippen molar-refractivity contribution in [2.75, 3.05) is 13.2 Å². The second-order valence-electron chi connectivity index (χ2n) is 3.66. The van der Waals surface area contributed by atoms with Gasteiger partial charge in [0.25, 0.3) is 0 Å². The molecule has 0 aliphatic carbocycles. The molecule has 1 aliphatic rings. The molecule has 1 fully saturated rings. The molecule has 0 spiro atoms. The van der Waals surface area contributed by atoms with Crippen molar-refractivity contribution in [2.24, 2.45) is 5.92 Å². The quantitative estimate of drug-likeness (QED) is 0.701. The van der Waals surface area contributed by atoms with Crippen LogP contribution in [-0.4, -0.2) is 19.0 Å². The predicted molar refractivity (Wildman–Crippen MR) is 56.9 cm³/mol. The fraction of sp³-hybridized carbons (Fsp3) is 0.545. The molecule has 1 aromatic heterocycles. The number of hydrogen-bond acceptors (Lipinski definition) is 3. The van der Waals surface area contributed by atoms with Crippen molar-refractivity contribution in [1.82, 2.24) is 0 Å². The Morgan fingerprint density at radius 1 is 1.43 bits per heavy atom. The van der Waals surface area contributed by atoms with Gasteiger partial charge in [-0.05, 0) is 31.9 Å². The van der Waals surface area contributed by atoms with Gasteiger partial charge >= 0.3 is 0 Å². The van der Waals surface area contributed by atoms with E-state index in [9.17, 15) is 4.79 Å². The normalized spacial score (nSPS) is 18.4. The third kappa shape index (κ3) is 2.04. The van der Waals surface area contributed by atoms with Crippen LogP contribution in [-0.2, 0) is 4.74 Å². The number of rotatable bonds is 2. The molecule has 3 heteroatoms. The highest BCUT2D eigenvalue weighted by atomic mass is 32.1. The van der Waals surface area contributed by atoms with Crippen LogP contribution in [0.25, 0.3) is 0 Å². The van der Waals surface area contributed by atoms with E-state index in [4.69, 9.17) is 4.74 Å². The third-order valence-electron chi connectivity index (χ3n) is 2.58. The molecule has 2 heterocycles. The van der Waals surface area contributed by atoms with Crippen LogP contribution in [0, 0.1) is 12.8 Å². The lowest BCUT2D eigenvalue weighted by Gasteiger charge is -2.19. The third-order valence-corrected chi connectivity index (χ3v) is 3.59. The Labute approximate surface area is 87.9 Å². The molecule has 2 nitrogen and oxygen atoms in total. The Bertz CT molecular complexity index is 324. The number of ether oxygens (including phenoxy) is 1. The van der Waals surface area contributed by atoms with Gasteiger partial charge < -0.3 is 4.74 Å². The van der Waals surface area contributed by atoms with E-state index in [2.05, 4.69) is 0 Å². The van der Waals surface area contributed by atoms with Crippen LogP contribution in [0.4, 0.5) is 0 Å². The van der Waals surface area contributed by atoms with Gasteiger partial charge in [-0.3, -0.25) is 4.79 Å². The van der Waals surface area contributed by atoms with Gasteiger partial charge in [-0.25, -0.2) is 0 Å². The lowest BCUT2D eigenvalue weighted by Crippen LogP contribution is -2.22. The highest BCUT2D eigenvalue weighted by Crippen LogP contribution is 2.24. The SMILES string of the molecule is Cc1ccc(C(=O)C2CCOCC2)s1. The molecular weight excluding hydrogens is 196 g/mol. The van der Waals surface area contributed by atoms with E-state index in [1.807, 2.05) is 19.1 Å². The number of carbonyl (C=O) groups is 1. The van der Waals surface area contributed by atoms with Gasteiger partial charge in [-0.15, -0.1) is 11.3 Å². The van der Waals surface area contributed by atoms with Crippen LogP contribution in [0.3, 0.4) is 0 Å². The maximum absolute atomic E-state index is 12.0. The standard InChI is InChI=1S/C11H14O2S/c1-8-2-3-10(14-8)11(12)9-4-6-13-7-5-9/h2-3,9H,4-7H2,1H3. The van der Waals surface area contributed by atoms with Crippen LogP contribution in [0.5, 0.6) is 0 Å². The molecular formula is C11H14O2S. The van der Waals surface area contributed by atoms with E-state index in [1.165, 1.54) is 4.88 Å². The summed E-state index contributed by atoms with van der Waals surface area (Å²) in [4.78, 5) is 14.1. The van der Waals surface area contributed by atoms with E-state index in [-0.39, 0.29) is 5.92 Å². The summed E-state index contributed by atoms with van der Waals surface area (Å²) in [7, 11) is 0. The first-order valence-corrected chi connectivity index (χ1v) is 5.77. The first kappa shape index (κ1) is 9.87. The molecule has 1 saturated heterocycles. The van der Waals surface area contributed by atoms with E-state index < -0.39 is 0 Å². The van der Waals surface area contributed by atoms with Gasteiger partial charge in [0.15, 0.2) is 5.78 Å². The van der Waals surface area contributed by atoms with Crippen molar-refractivity contribution in [2.45, 2.75) is 19.8 Å². The largest absolute Gasteiger partial charge is 0.381 e. The molecule has 0 aromatic carbocycles. The highest BCUT2D eigenvalue weighted by molar-refractivity contribution is 7.14. The number of Topliss-reactive ketones (excluding diaryl/α,β-unsaturated/α-hetero) is 1. The van der Waals surface area contributed by atoms with Crippen molar-refractivity contribution in [3.05, 3.63) is 21.9 Å². The summed E-state index contributed by atoms with van der Waals surface area (Å²) >= 11 is 1.60. The zero-order valence-electron chi connectivity index (χ0n) is 8.29. The highest BCUT2D eigenvalue weighted by Gasteiger charge is 2.23. The number of carbonyl (C=O) groups excluding carboxylic acids is 1. The molecule has 76 valence electrons. The van der Waals surface area contributed by atoms with Gasteiger partial charge in [-0.1, -0.05) is 0 Å². The molecule has 1 aliphatic heterocycles. The summed E-state index contributed by atoms with van der Waals surface area (Å²) in [6.07, 6.45) is 1.77. The lowest BCUT2D eigenvalue weighted by molar-refractivity contribution is 0.0547. The van der Waals surface area contributed by atoms with Crippen molar-refractivity contribution < 1.29 is 9.53 Å². The van der Waals surface area contributed by atoms with Crippen LogP contribution < -0.4 is 0 Å². The second kappa shape index (κ2) is 4.24. The van der Waals surface area contributed by atoms with Gasteiger partial charge in [-0.2, -0.15) is 0 Å². The number of hydrogen-bond donors (Lipinski definition) is 0. The Kier molecular flexibility index (Phi) is 2.99. The van der Waals surface area contributed by atoms with Gasteiger partial charge in [0.2, 0.25) is 0 Å². The number of aryl methyl sites for hydroxylation is 1. The van der Waals surface area contributed by atoms with Gasteiger partial charge in [0.05, 0.1) is 4.88 Å². The monoisotopic (exact) mass is 210 g/mol. The molecule has 0 bridgehead atoms. The average molecular weight is 210 g/mol. The molecule has 14 heavy (non-hydrogen) atoms. The molecule has 2 rings (SSSR count). The topological polar surface area (TPSA) is 26.3 Å².